The van der Waals surface area contributed by atoms with Gasteiger partial charge in [0.15, 0.2) is 5.11 Å². The van der Waals surface area contributed by atoms with Crippen molar-refractivity contribution in [2.45, 2.75) is 25.4 Å². The number of hydrogen-bond acceptors (Lipinski definition) is 2. The predicted octanol–water partition coefficient (Wildman–Crippen LogP) is 5.56. The Bertz CT molecular complexity index is 989. The van der Waals surface area contributed by atoms with Gasteiger partial charge in [-0.25, -0.2) is 0 Å². The second-order valence-corrected chi connectivity index (χ2v) is 7.95. The van der Waals surface area contributed by atoms with Crippen LogP contribution in [-0.4, -0.2) is 26.1 Å². The lowest BCUT2D eigenvalue weighted by molar-refractivity contribution is 0.309. The molecule has 0 spiro atoms. The second kappa shape index (κ2) is 8.11. The minimum absolute atomic E-state index is 0.00379. The number of nitrogens with one attached hydrogen (secondary N) is 1. The Hall–Kier alpha value is -2.08. The Balaban J connectivity index is 1.83. The van der Waals surface area contributed by atoms with Crippen molar-refractivity contribution in [1.82, 2.24) is 19.8 Å². The van der Waals surface area contributed by atoms with Gasteiger partial charge < -0.3 is 14.8 Å². The molecule has 4 rings (SSSR count). The van der Waals surface area contributed by atoms with Crippen LogP contribution in [0.15, 0.2) is 60.9 Å². The molecule has 2 unspecified atom stereocenters. The molecule has 3 aromatic rings. The van der Waals surface area contributed by atoms with E-state index in [2.05, 4.69) is 32.8 Å². The highest BCUT2D eigenvalue weighted by Crippen LogP contribution is 2.40. The van der Waals surface area contributed by atoms with Crippen LogP contribution in [-0.2, 0) is 0 Å². The van der Waals surface area contributed by atoms with Crippen LogP contribution >= 0.6 is 35.4 Å². The second-order valence-electron chi connectivity index (χ2n) is 6.72. The summed E-state index contributed by atoms with van der Waals surface area (Å²) in [6.07, 6.45) is 4.83. The van der Waals surface area contributed by atoms with Crippen molar-refractivity contribution in [1.29, 1.82) is 0 Å². The van der Waals surface area contributed by atoms with Gasteiger partial charge >= 0.3 is 0 Å². The van der Waals surface area contributed by atoms with E-state index in [4.69, 9.17) is 35.4 Å². The molecule has 0 amide bonds. The summed E-state index contributed by atoms with van der Waals surface area (Å²) in [5.41, 5.74) is 2.95. The van der Waals surface area contributed by atoms with Crippen molar-refractivity contribution >= 4 is 40.5 Å². The topological polar surface area (TPSA) is 33.1 Å². The first-order chi connectivity index (χ1) is 13.6. The van der Waals surface area contributed by atoms with Crippen LogP contribution in [0, 0.1) is 0 Å². The number of aromatic nitrogens is 2. The zero-order valence-corrected chi connectivity index (χ0v) is 17.7. The molecule has 144 valence electrons. The Kier molecular flexibility index (Phi) is 5.58. The van der Waals surface area contributed by atoms with Gasteiger partial charge in [-0.2, -0.15) is 0 Å². The van der Waals surface area contributed by atoms with E-state index in [0.29, 0.717) is 10.0 Å². The van der Waals surface area contributed by atoms with Crippen molar-refractivity contribution in [3.05, 3.63) is 82.4 Å². The van der Waals surface area contributed by atoms with Crippen molar-refractivity contribution in [3.8, 4) is 5.69 Å². The Morgan fingerprint density at radius 1 is 1.14 bits per heavy atom. The summed E-state index contributed by atoms with van der Waals surface area (Å²) >= 11 is 18.3. The average Bonchev–Trinajstić information content (AvgIpc) is 3.28. The van der Waals surface area contributed by atoms with E-state index in [1.807, 2.05) is 48.8 Å². The number of hydrogen-bond donors (Lipinski definition) is 1. The molecule has 2 aromatic heterocycles. The van der Waals surface area contributed by atoms with E-state index < -0.39 is 0 Å². The quantitative estimate of drug-likeness (QED) is 0.536. The monoisotopic (exact) mass is 430 g/mol. The van der Waals surface area contributed by atoms with Gasteiger partial charge in [0.2, 0.25) is 0 Å². The summed E-state index contributed by atoms with van der Waals surface area (Å²) in [6.45, 7) is 3.02. The van der Waals surface area contributed by atoms with Gasteiger partial charge in [-0.05, 0) is 61.1 Å². The standard InChI is InChI=1S/C21H20Cl2N4S/c1-2-11-27-20(19(25-21(27)28)16-6-3-4-10-24-16)18-7-5-12-26(18)17-9-8-14(22)13-15(17)23/h3-10,12-13,19-20H,2,11H2,1H3,(H,25,28). The summed E-state index contributed by atoms with van der Waals surface area (Å²) in [5.74, 6) is 0. The summed E-state index contributed by atoms with van der Waals surface area (Å²) < 4.78 is 2.11. The lowest BCUT2D eigenvalue weighted by atomic mass is 10.0. The third-order valence-electron chi connectivity index (χ3n) is 4.91. The molecule has 7 heteroatoms. The van der Waals surface area contributed by atoms with Gasteiger partial charge in [0.05, 0.1) is 28.5 Å². The largest absolute Gasteiger partial charge is 0.352 e. The summed E-state index contributed by atoms with van der Waals surface area (Å²) in [5, 5.41) is 5.44. The van der Waals surface area contributed by atoms with Crippen LogP contribution in [0.4, 0.5) is 0 Å². The van der Waals surface area contributed by atoms with Gasteiger partial charge in [-0.3, -0.25) is 4.98 Å². The van der Waals surface area contributed by atoms with Crippen molar-refractivity contribution in [2.75, 3.05) is 6.54 Å². The minimum atomic E-state index is -0.0417. The highest BCUT2D eigenvalue weighted by Gasteiger charge is 2.40. The Morgan fingerprint density at radius 3 is 2.71 bits per heavy atom. The number of pyridine rings is 1. The third kappa shape index (κ3) is 3.50. The maximum atomic E-state index is 6.51. The number of benzene rings is 1. The maximum Gasteiger partial charge on any atom is 0.170 e. The van der Waals surface area contributed by atoms with E-state index in [0.717, 1.165) is 35.2 Å². The lowest BCUT2D eigenvalue weighted by Gasteiger charge is -2.28. The lowest BCUT2D eigenvalue weighted by Crippen LogP contribution is -2.31. The molecule has 1 N–H and O–H groups in total. The summed E-state index contributed by atoms with van der Waals surface area (Å²) in [6, 6.07) is 15.6. The average molecular weight is 431 g/mol. The van der Waals surface area contributed by atoms with E-state index in [1.165, 1.54) is 0 Å². The first kappa shape index (κ1) is 19.2. The molecule has 1 aliphatic rings. The highest BCUT2D eigenvalue weighted by molar-refractivity contribution is 7.80. The van der Waals surface area contributed by atoms with Gasteiger partial charge in [-0.1, -0.05) is 36.2 Å². The first-order valence-corrected chi connectivity index (χ1v) is 10.4. The smallest absolute Gasteiger partial charge is 0.170 e. The van der Waals surface area contributed by atoms with E-state index in [1.54, 1.807) is 6.07 Å². The molecule has 0 radical (unpaired) electrons. The fourth-order valence-corrected chi connectivity index (χ4v) is 4.57. The number of nitrogens with zero attached hydrogens (tertiary/aromatic N) is 3. The van der Waals surface area contributed by atoms with Gasteiger partial charge in [0, 0.05) is 29.7 Å². The highest BCUT2D eigenvalue weighted by atomic mass is 35.5. The number of rotatable bonds is 5. The van der Waals surface area contributed by atoms with Crippen LogP contribution in [0.3, 0.4) is 0 Å². The molecular weight excluding hydrogens is 411 g/mol. The summed E-state index contributed by atoms with van der Waals surface area (Å²) in [7, 11) is 0. The number of thiocarbonyl (C=S) groups is 1. The van der Waals surface area contributed by atoms with Crippen LogP contribution in [0.1, 0.15) is 36.8 Å². The van der Waals surface area contributed by atoms with Crippen molar-refractivity contribution in [3.63, 3.8) is 0 Å². The summed E-state index contributed by atoms with van der Waals surface area (Å²) in [4.78, 5) is 6.82. The zero-order valence-electron chi connectivity index (χ0n) is 15.3. The minimum Gasteiger partial charge on any atom is -0.352 e. The fourth-order valence-electron chi connectivity index (χ4n) is 3.74. The van der Waals surface area contributed by atoms with Crippen molar-refractivity contribution in [2.24, 2.45) is 0 Å². The molecule has 2 atom stereocenters. The van der Waals surface area contributed by atoms with Gasteiger partial charge in [-0.15, -0.1) is 0 Å². The molecule has 1 fully saturated rings. The molecular formula is C21H20Cl2N4S. The van der Waals surface area contributed by atoms with Crippen LogP contribution in [0.5, 0.6) is 0 Å². The number of halogens is 2. The SMILES string of the molecule is CCCN1C(=S)NC(c2ccccn2)C1c1cccn1-c1ccc(Cl)cc1Cl. The fraction of sp³-hybridized carbons (Fsp3) is 0.238. The molecule has 1 aromatic carbocycles. The van der Waals surface area contributed by atoms with Gasteiger partial charge in [0.25, 0.3) is 0 Å². The van der Waals surface area contributed by atoms with Crippen LogP contribution in [0.25, 0.3) is 5.69 Å². The normalized spacial score (nSPS) is 19.1. The van der Waals surface area contributed by atoms with Crippen LogP contribution < -0.4 is 5.32 Å². The molecule has 28 heavy (non-hydrogen) atoms. The molecule has 4 nitrogen and oxygen atoms in total. The van der Waals surface area contributed by atoms with E-state index >= 15 is 0 Å². The molecule has 1 saturated heterocycles. The maximum absolute atomic E-state index is 6.51. The molecule has 1 aliphatic heterocycles. The Morgan fingerprint density at radius 2 is 2.00 bits per heavy atom. The van der Waals surface area contributed by atoms with E-state index in [9.17, 15) is 0 Å². The first-order valence-electron chi connectivity index (χ1n) is 9.21. The molecule has 0 bridgehead atoms. The molecule has 0 saturated carbocycles. The Labute approximate surface area is 180 Å². The molecule has 3 heterocycles. The predicted molar refractivity (Wildman–Crippen MR) is 118 cm³/mol. The zero-order chi connectivity index (χ0) is 19.7. The van der Waals surface area contributed by atoms with E-state index in [-0.39, 0.29) is 12.1 Å². The van der Waals surface area contributed by atoms with Gasteiger partial charge in [0.1, 0.15) is 0 Å². The van der Waals surface area contributed by atoms with Crippen molar-refractivity contribution < 1.29 is 0 Å². The van der Waals surface area contributed by atoms with Crippen LogP contribution in [0.2, 0.25) is 10.0 Å². The molecule has 0 aliphatic carbocycles. The third-order valence-corrected chi connectivity index (χ3v) is 5.81.